The summed E-state index contributed by atoms with van der Waals surface area (Å²) in [6, 6.07) is 34.7. The number of hydrogen-bond donors (Lipinski definition) is 1. The van der Waals surface area contributed by atoms with Crippen LogP contribution in [-0.2, 0) is 9.59 Å². The molecule has 8 nitrogen and oxygen atoms in total. The standard InChI is InChI=1S/C42H46N4O4/c1-42(2)26-33-39(35(47)27-42)41(31-19-20-36(49-3)37(25-31)50-4)46(34-18-12-11-17-32(34)43-33)28-38(48)44-21-23-45(24-22-44)40(29-13-7-5-8-14-29)30-15-9-6-10-16-30/h5-20,25,40-41,43H,21-24,26-28H2,1-4H3. The molecule has 1 fully saturated rings. The van der Waals surface area contributed by atoms with Gasteiger partial charge < -0.3 is 24.6 Å². The van der Waals surface area contributed by atoms with Crippen LogP contribution in [0.1, 0.15) is 55.5 Å². The SMILES string of the molecule is COc1ccc(C2C3=C(CC(C)(C)CC3=O)Nc3ccccc3N2CC(=O)N2CCN(C(c3ccccc3)c3ccccc3)CC2)cc1OC. The lowest BCUT2D eigenvalue weighted by Crippen LogP contribution is -2.52. The number of carbonyl (C=O) groups excluding carboxylic acids is 2. The maximum atomic E-state index is 14.4. The van der Waals surface area contributed by atoms with Crippen molar-refractivity contribution in [1.29, 1.82) is 0 Å². The number of piperazine rings is 1. The Hall–Kier alpha value is -5.08. The molecule has 0 saturated carbocycles. The highest BCUT2D eigenvalue weighted by molar-refractivity contribution is 6.02. The first-order valence-corrected chi connectivity index (χ1v) is 17.5. The Bertz CT molecular complexity index is 1840. The van der Waals surface area contributed by atoms with Crippen LogP contribution < -0.4 is 19.7 Å². The van der Waals surface area contributed by atoms with Crippen molar-refractivity contribution in [3.05, 3.63) is 131 Å². The summed E-state index contributed by atoms with van der Waals surface area (Å²) in [7, 11) is 3.23. The number of fused-ring (bicyclic) bond motifs is 1. The molecule has 0 bridgehead atoms. The molecule has 50 heavy (non-hydrogen) atoms. The number of amides is 1. The van der Waals surface area contributed by atoms with Crippen LogP contribution in [0.2, 0.25) is 0 Å². The Kier molecular flexibility index (Phi) is 9.38. The predicted octanol–water partition coefficient (Wildman–Crippen LogP) is 7.25. The minimum absolute atomic E-state index is 0.0357. The first kappa shape index (κ1) is 33.4. The summed E-state index contributed by atoms with van der Waals surface area (Å²) in [6.45, 7) is 7.13. The third-order valence-corrected chi connectivity index (χ3v) is 10.3. The predicted molar refractivity (Wildman–Crippen MR) is 198 cm³/mol. The normalized spacial score (nSPS) is 19.0. The largest absolute Gasteiger partial charge is 0.493 e. The van der Waals surface area contributed by atoms with Gasteiger partial charge in [-0.15, -0.1) is 0 Å². The monoisotopic (exact) mass is 670 g/mol. The second-order valence-corrected chi connectivity index (χ2v) is 14.3. The molecule has 2 heterocycles. The summed E-state index contributed by atoms with van der Waals surface area (Å²) < 4.78 is 11.3. The molecular weight excluding hydrogens is 624 g/mol. The summed E-state index contributed by atoms with van der Waals surface area (Å²) >= 11 is 0. The molecule has 1 unspecified atom stereocenters. The van der Waals surface area contributed by atoms with Crippen molar-refractivity contribution in [3.8, 4) is 11.5 Å². The Morgan fingerprint density at radius 3 is 2.06 bits per heavy atom. The second kappa shape index (κ2) is 14.0. The maximum absolute atomic E-state index is 14.4. The molecule has 258 valence electrons. The van der Waals surface area contributed by atoms with Gasteiger partial charge in [0, 0.05) is 43.9 Å². The van der Waals surface area contributed by atoms with E-state index >= 15 is 0 Å². The van der Waals surface area contributed by atoms with E-state index in [1.165, 1.54) is 11.1 Å². The third-order valence-electron chi connectivity index (χ3n) is 10.3. The van der Waals surface area contributed by atoms with E-state index in [1.807, 2.05) is 47.4 Å². The van der Waals surface area contributed by atoms with E-state index in [9.17, 15) is 9.59 Å². The number of allylic oxidation sites excluding steroid dienone is 1. The number of anilines is 2. The number of rotatable bonds is 8. The number of methoxy groups -OCH3 is 2. The molecule has 4 aromatic carbocycles. The van der Waals surface area contributed by atoms with Gasteiger partial charge in [-0.1, -0.05) is 92.7 Å². The van der Waals surface area contributed by atoms with Crippen LogP contribution in [0.5, 0.6) is 11.5 Å². The lowest BCUT2D eigenvalue weighted by molar-refractivity contribution is -0.131. The van der Waals surface area contributed by atoms with Crippen molar-refractivity contribution >= 4 is 23.1 Å². The zero-order valence-corrected chi connectivity index (χ0v) is 29.4. The molecule has 1 saturated heterocycles. The quantitative estimate of drug-likeness (QED) is 0.212. The maximum Gasteiger partial charge on any atom is 0.242 e. The second-order valence-electron chi connectivity index (χ2n) is 14.3. The minimum Gasteiger partial charge on any atom is -0.493 e. The van der Waals surface area contributed by atoms with Crippen molar-refractivity contribution in [2.24, 2.45) is 5.41 Å². The number of hydrogen-bond acceptors (Lipinski definition) is 7. The van der Waals surface area contributed by atoms with Gasteiger partial charge in [0.25, 0.3) is 0 Å². The third kappa shape index (κ3) is 6.60. The summed E-state index contributed by atoms with van der Waals surface area (Å²) in [4.78, 5) is 35.2. The zero-order valence-electron chi connectivity index (χ0n) is 29.4. The van der Waals surface area contributed by atoms with Crippen LogP contribution in [0.15, 0.2) is 114 Å². The average molecular weight is 671 g/mol. The van der Waals surface area contributed by atoms with Crippen molar-refractivity contribution in [3.63, 3.8) is 0 Å². The van der Waals surface area contributed by atoms with Gasteiger partial charge in [-0.2, -0.15) is 0 Å². The van der Waals surface area contributed by atoms with Crippen LogP contribution in [0, 0.1) is 5.41 Å². The Balaban J connectivity index is 1.22. The molecule has 3 aliphatic rings. The van der Waals surface area contributed by atoms with Gasteiger partial charge in [0.15, 0.2) is 17.3 Å². The van der Waals surface area contributed by atoms with Gasteiger partial charge in [-0.25, -0.2) is 0 Å². The van der Waals surface area contributed by atoms with Crippen LogP contribution in [0.25, 0.3) is 0 Å². The average Bonchev–Trinajstić information content (AvgIpc) is 3.26. The molecule has 0 aromatic heterocycles. The van der Waals surface area contributed by atoms with E-state index < -0.39 is 6.04 Å². The van der Waals surface area contributed by atoms with E-state index in [2.05, 4.69) is 89.6 Å². The molecule has 0 spiro atoms. The molecule has 1 atom stereocenters. The minimum atomic E-state index is -0.504. The molecule has 0 radical (unpaired) electrons. The fraction of sp³-hybridized carbons (Fsp3) is 0.333. The summed E-state index contributed by atoms with van der Waals surface area (Å²) in [5.41, 5.74) is 6.56. The number of para-hydroxylation sites is 2. The number of Topliss-reactive ketones (excluding diaryl/α,β-unsaturated/α-hetero) is 1. The van der Waals surface area contributed by atoms with Crippen LogP contribution in [-0.4, -0.2) is 68.4 Å². The van der Waals surface area contributed by atoms with E-state index in [1.54, 1.807) is 14.2 Å². The summed E-state index contributed by atoms with van der Waals surface area (Å²) in [6.07, 6.45) is 1.15. The van der Waals surface area contributed by atoms with Gasteiger partial charge in [0.2, 0.25) is 5.91 Å². The van der Waals surface area contributed by atoms with Gasteiger partial charge in [0.05, 0.1) is 44.2 Å². The number of ether oxygens (including phenoxy) is 2. The summed E-state index contributed by atoms with van der Waals surface area (Å²) in [5.74, 6) is 1.32. The van der Waals surface area contributed by atoms with E-state index in [0.717, 1.165) is 42.1 Å². The van der Waals surface area contributed by atoms with Gasteiger partial charge in [-0.3, -0.25) is 14.5 Å². The number of ketones is 1. The Labute approximate surface area is 295 Å². The molecule has 2 aliphatic heterocycles. The van der Waals surface area contributed by atoms with Crippen LogP contribution in [0.4, 0.5) is 11.4 Å². The van der Waals surface area contributed by atoms with E-state index in [0.29, 0.717) is 36.6 Å². The molecular formula is C42H46N4O4. The van der Waals surface area contributed by atoms with Crippen LogP contribution >= 0.6 is 0 Å². The highest BCUT2D eigenvalue weighted by atomic mass is 16.5. The van der Waals surface area contributed by atoms with Gasteiger partial charge in [0.1, 0.15) is 0 Å². The Morgan fingerprint density at radius 2 is 1.42 bits per heavy atom. The lowest BCUT2D eigenvalue weighted by atomic mass is 9.73. The molecule has 1 amide bonds. The first-order chi connectivity index (χ1) is 24.3. The molecule has 1 aliphatic carbocycles. The molecule has 4 aromatic rings. The van der Waals surface area contributed by atoms with Gasteiger partial charge in [-0.05, 0) is 52.8 Å². The summed E-state index contributed by atoms with van der Waals surface area (Å²) in [5, 5.41) is 3.66. The molecule has 1 N–H and O–H groups in total. The topological polar surface area (TPSA) is 74.4 Å². The number of nitrogens with one attached hydrogen (secondary N) is 1. The fourth-order valence-electron chi connectivity index (χ4n) is 7.96. The van der Waals surface area contributed by atoms with Crippen LogP contribution in [0.3, 0.4) is 0 Å². The number of carbonyl (C=O) groups is 2. The van der Waals surface area contributed by atoms with Crippen molar-refractivity contribution in [2.45, 2.75) is 38.8 Å². The smallest absolute Gasteiger partial charge is 0.242 e. The van der Waals surface area contributed by atoms with E-state index in [4.69, 9.17) is 9.47 Å². The fourth-order valence-corrected chi connectivity index (χ4v) is 7.96. The number of nitrogens with zero attached hydrogens (tertiary/aromatic N) is 3. The first-order valence-electron chi connectivity index (χ1n) is 17.5. The highest BCUT2D eigenvalue weighted by Gasteiger charge is 2.42. The molecule has 8 heteroatoms. The van der Waals surface area contributed by atoms with Crippen molar-refractivity contribution < 1.29 is 19.1 Å². The Morgan fingerprint density at radius 1 is 0.800 bits per heavy atom. The lowest BCUT2D eigenvalue weighted by Gasteiger charge is -2.41. The van der Waals surface area contributed by atoms with E-state index in [-0.39, 0.29) is 29.7 Å². The van der Waals surface area contributed by atoms with Crippen molar-refractivity contribution in [1.82, 2.24) is 9.80 Å². The highest BCUT2D eigenvalue weighted by Crippen LogP contribution is 2.49. The van der Waals surface area contributed by atoms with Gasteiger partial charge >= 0.3 is 0 Å². The molecule has 7 rings (SSSR count). The van der Waals surface area contributed by atoms with Crippen molar-refractivity contribution in [2.75, 3.05) is 57.2 Å². The number of benzene rings is 4. The zero-order chi connectivity index (χ0) is 34.8.